The lowest BCUT2D eigenvalue weighted by molar-refractivity contribution is -0.138. The summed E-state index contributed by atoms with van der Waals surface area (Å²) < 4.78 is 63.7. The summed E-state index contributed by atoms with van der Waals surface area (Å²) in [6.45, 7) is 8.33. The van der Waals surface area contributed by atoms with Crippen LogP contribution in [0.4, 0.5) is 13.2 Å². The average Bonchev–Trinajstić information content (AvgIpc) is 2.87. The van der Waals surface area contributed by atoms with Gasteiger partial charge in [0.2, 0.25) is 10.0 Å². The summed E-state index contributed by atoms with van der Waals surface area (Å²) in [5.41, 5.74) is -0.875. The Labute approximate surface area is 174 Å². The molecule has 0 aliphatic carbocycles. The molecule has 1 aromatic heterocycles. The fourth-order valence-electron chi connectivity index (χ4n) is 3.39. The summed E-state index contributed by atoms with van der Waals surface area (Å²) in [5.74, 6) is -0.616. The van der Waals surface area contributed by atoms with Crippen molar-refractivity contribution < 1.29 is 26.4 Å². The minimum atomic E-state index is -4.51. The predicted octanol–water partition coefficient (Wildman–Crippen LogP) is 3.68. The van der Waals surface area contributed by atoms with Gasteiger partial charge in [-0.1, -0.05) is 39.0 Å². The third kappa shape index (κ3) is 5.23. The average molecular weight is 446 g/mol. The number of aromatic amines is 1. The maximum absolute atomic E-state index is 13.4. The van der Waals surface area contributed by atoms with Crippen LogP contribution < -0.4 is 10.5 Å². The molecule has 1 atom stereocenters. The van der Waals surface area contributed by atoms with Crippen molar-refractivity contribution in [1.29, 1.82) is 0 Å². The van der Waals surface area contributed by atoms with Crippen LogP contribution >= 0.6 is 0 Å². The van der Waals surface area contributed by atoms with Crippen LogP contribution in [-0.2, 0) is 22.6 Å². The highest BCUT2D eigenvalue weighted by molar-refractivity contribution is 7.89. The highest BCUT2D eigenvalue weighted by Crippen LogP contribution is 2.34. The van der Waals surface area contributed by atoms with Crippen LogP contribution in [0.1, 0.15) is 53.6 Å². The van der Waals surface area contributed by atoms with Gasteiger partial charge in [-0.15, -0.1) is 0 Å². The molecule has 10 heteroatoms. The van der Waals surface area contributed by atoms with Crippen molar-refractivity contribution in [1.82, 2.24) is 10.3 Å². The van der Waals surface area contributed by atoms with Crippen molar-refractivity contribution in [3.8, 4) is 0 Å². The Balaban J connectivity index is 2.40. The molecule has 0 fully saturated rings. The van der Waals surface area contributed by atoms with E-state index in [4.69, 9.17) is 5.14 Å². The Morgan fingerprint density at radius 1 is 1.17 bits per heavy atom. The third-order valence-electron chi connectivity index (χ3n) is 4.98. The minimum absolute atomic E-state index is 0.00915. The van der Waals surface area contributed by atoms with Crippen molar-refractivity contribution in [2.24, 2.45) is 10.6 Å². The number of halogens is 3. The number of carbonyl (C=O) groups is 1. The first-order valence-electron chi connectivity index (χ1n) is 9.21. The van der Waals surface area contributed by atoms with E-state index in [1.54, 1.807) is 20.8 Å². The second kappa shape index (κ2) is 8.07. The number of aryl methyl sites for hydroxylation is 1. The molecule has 6 nitrogen and oxygen atoms in total. The van der Waals surface area contributed by atoms with Gasteiger partial charge < -0.3 is 10.3 Å². The molecule has 0 bridgehead atoms. The molecular weight excluding hydrogens is 419 g/mol. The van der Waals surface area contributed by atoms with E-state index >= 15 is 0 Å². The van der Waals surface area contributed by atoms with Crippen LogP contribution in [0.3, 0.4) is 0 Å². The fraction of sp³-hybridized carbons (Fsp3) is 0.450. The van der Waals surface area contributed by atoms with E-state index in [0.717, 1.165) is 6.07 Å². The standard InChI is InChI=1S/C20H26F3N3O3S/c1-11-16(25-12(2)17(11)30(24,28)29)18(27)26-15(19(3,4)5)10-13-8-6-7-9-14(13)20(21,22)23/h6-9,15,25H,10H2,1-5H3,(H,26,27)(H2,24,28,29)/t15-/m1/s1. The number of nitrogens with two attached hydrogens (primary N) is 1. The van der Waals surface area contributed by atoms with E-state index < -0.39 is 39.1 Å². The maximum atomic E-state index is 13.4. The summed E-state index contributed by atoms with van der Waals surface area (Å²) >= 11 is 0. The molecule has 2 aromatic rings. The smallest absolute Gasteiger partial charge is 0.353 e. The number of alkyl halides is 3. The van der Waals surface area contributed by atoms with Gasteiger partial charge in [-0.2, -0.15) is 13.2 Å². The Hall–Kier alpha value is -2.33. The van der Waals surface area contributed by atoms with Gasteiger partial charge >= 0.3 is 6.18 Å². The quantitative estimate of drug-likeness (QED) is 0.654. The molecule has 30 heavy (non-hydrogen) atoms. The molecule has 0 spiro atoms. The molecule has 1 amide bonds. The van der Waals surface area contributed by atoms with Gasteiger partial charge in [0, 0.05) is 11.7 Å². The van der Waals surface area contributed by atoms with Crippen LogP contribution in [0.25, 0.3) is 0 Å². The zero-order valence-corrected chi connectivity index (χ0v) is 18.3. The first-order chi connectivity index (χ1) is 13.5. The largest absolute Gasteiger partial charge is 0.416 e. The van der Waals surface area contributed by atoms with Crippen molar-refractivity contribution >= 4 is 15.9 Å². The maximum Gasteiger partial charge on any atom is 0.416 e. The van der Waals surface area contributed by atoms with E-state index in [1.165, 1.54) is 32.0 Å². The lowest BCUT2D eigenvalue weighted by Crippen LogP contribution is -2.45. The number of hydrogen-bond acceptors (Lipinski definition) is 3. The number of amides is 1. The second-order valence-electron chi connectivity index (χ2n) is 8.38. The third-order valence-corrected chi connectivity index (χ3v) is 6.16. The van der Waals surface area contributed by atoms with Crippen LogP contribution in [0.15, 0.2) is 29.2 Å². The molecular formula is C20H26F3N3O3S. The molecule has 0 radical (unpaired) electrons. The number of hydrogen-bond donors (Lipinski definition) is 3. The SMILES string of the molecule is Cc1[nH]c(C(=O)N[C@H](Cc2ccccc2C(F)(F)F)C(C)(C)C)c(C)c1S(N)(=O)=O. The second-order valence-corrected chi connectivity index (χ2v) is 9.87. The number of rotatable bonds is 5. The van der Waals surface area contributed by atoms with Crippen LogP contribution in [-0.4, -0.2) is 25.4 Å². The summed E-state index contributed by atoms with van der Waals surface area (Å²) in [7, 11) is -4.04. The van der Waals surface area contributed by atoms with Gasteiger partial charge in [0.05, 0.1) is 5.56 Å². The zero-order chi connectivity index (χ0) is 23.1. The molecule has 2 rings (SSSR count). The molecule has 0 saturated heterocycles. The van der Waals surface area contributed by atoms with Gasteiger partial charge in [-0.25, -0.2) is 13.6 Å². The van der Waals surface area contributed by atoms with Gasteiger partial charge in [0.1, 0.15) is 10.6 Å². The van der Waals surface area contributed by atoms with Crippen molar-refractivity contribution in [2.75, 3.05) is 0 Å². The Morgan fingerprint density at radius 2 is 1.73 bits per heavy atom. The number of sulfonamides is 1. The normalized spacial score (nSPS) is 13.9. The number of primary sulfonamides is 1. The molecule has 1 heterocycles. The fourth-order valence-corrected chi connectivity index (χ4v) is 4.39. The lowest BCUT2D eigenvalue weighted by atomic mass is 9.82. The minimum Gasteiger partial charge on any atom is -0.353 e. The lowest BCUT2D eigenvalue weighted by Gasteiger charge is -2.32. The van der Waals surface area contributed by atoms with Crippen molar-refractivity contribution in [3.05, 3.63) is 52.3 Å². The van der Waals surface area contributed by atoms with E-state index in [1.807, 2.05) is 0 Å². The number of carbonyl (C=O) groups excluding carboxylic acids is 1. The zero-order valence-electron chi connectivity index (χ0n) is 17.4. The summed E-state index contributed by atoms with van der Waals surface area (Å²) in [5, 5.41) is 7.98. The van der Waals surface area contributed by atoms with E-state index in [0.29, 0.717) is 0 Å². The van der Waals surface area contributed by atoms with Gasteiger partial charge in [0.25, 0.3) is 5.91 Å². The number of nitrogens with one attached hydrogen (secondary N) is 2. The topological polar surface area (TPSA) is 105 Å². The Kier molecular flexibility index (Phi) is 6.44. The van der Waals surface area contributed by atoms with E-state index in [2.05, 4.69) is 10.3 Å². The van der Waals surface area contributed by atoms with Crippen molar-refractivity contribution in [2.45, 2.75) is 58.2 Å². The van der Waals surface area contributed by atoms with E-state index in [9.17, 15) is 26.4 Å². The highest BCUT2D eigenvalue weighted by atomic mass is 32.2. The molecule has 4 N–H and O–H groups in total. The molecule has 0 aliphatic rings. The molecule has 166 valence electrons. The first kappa shape index (κ1) is 23.9. The molecule has 0 aliphatic heterocycles. The number of aromatic nitrogens is 1. The first-order valence-corrected chi connectivity index (χ1v) is 10.8. The van der Waals surface area contributed by atoms with Gasteiger partial charge in [0.15, 0.2) is 0 Å². The Morgan fingerprint density at radius 3 is 2.20 bits per heavy atom. The summed E-state index contributed by atoms with van der Waals surface area (Å²) in [6.07, 6.45) is -4.56. The van der Waals surface area contributed by atoms with Crippen LogP contribution in [0.5, 0.6) is 0 Å². The molecule has 1 aromatic carbocycles. The van der Waals surface area contributed by atoms with Crippen LogP contribution in [0, 0.1) is 19.3 Å². The summed E-state index contributed by atoms with van der Waals surface area (Å²) in [6, 6.07) is 4.57. The van der Waals surface area contributed by atoms with Crippen LogP contribution in [0.2, 0.25) is 0 Å². The summed E-state index contributed by atoms with van der Waals surface area (Å²) in [4.78, 5) is 15.4. The predicted molar refractivity (Wildman–Crippen MR) is 107 cm³/mol. The van der Waals surface area contributed by atoms with Gasteiger partial charge in [-0.05, 0) is 42.9 Å². The molecule has 0 unspecified atom stereocenters. The van der Waals surface area contributed by atoms with Crippen molar-refractivity contribution in [3.63, 3.8) is 0 Å². The highest BCUT2D eigenvalue weighted by Gasteiger charge is 2.36. The number of benzene rings is 1. The number of H-pyrrole nitrogens is 1. The van der Waals surface area contributed by atoms with E-state index in [-0.39, 0.29) is 33.8 Å². The molecule has 0 saturated carbocycles. The Bertz CT molecular complexity index is 1050. The van der Waals surface area contributed by atoms with Gasteiger partial charge in [-0.3, -0.25) is 4.79 Å². The monoisotopic (exact) mass is 445 g/mol.